The van der Waals surface area contributed by atoms with Gasteiger partial charge in [0.15, 0.2) is 0 Å². The maximum Gasteiger partial charge on any atom is 0.0943 e. The van der Waals surface area contributed by atoms with E-state index in [0.717, 1.165) is 24.8 Å². The van der Waals surface area contributed by atoms with Crippen LogP contribution >= 0.6 is 0 Å². The Morgan fingerprint density at radius 1 is 1.25 bits per heavy atom. The van der Waals surface area contributed by atoms with Gasteiger partial charge in [-0.3, -0.25) is 0 Å². The molecule has 12 heavy (non-hydrogen) atoms. The molecule has 0 aromatic carbocycles. The second-order valence-corrected chi connectivity index (χ2v) is 3.09. The van der Waals surface area contributed by atoms with Crippen molar-refractivity contribution in [1.82, 2.24) is 0 Å². The van der Waals surface area contributed by atoms with Gasteiger partial charge in [0.1, 0.15) is 0 Å². The third-order valence-electron chi connectivity index (χ3n) is 1.86. The first kappa shape index (κ1) is 11.2. The lowest BCUT2D eigenvalue weighted by molar-refractivity contribution is 0.726. The van der Waals surface area contributed by atoms with Crippen LogP contribution in [0.25, 0.3) is 0 Å². The number of allylic oxidation sites excluding steroid dienone is 2. The second kappa shape index (κ2) is 8.33. The van der Waals surface area contributed by atoms with E-state index < -0.39 is 0 Å². The fourth-order valence-electron chi connectivity index (χ4n) is 1.14. The smallest absolute Gasteiger partial charge is 0.0943 e. The molecule has 0 aliphatic heterocycles. The molecule has 0 aliphatic rings. The zero-order chi connectivity index (χ0) is 9.23. The molecule has 0 N–H and O–H groups in total. The van der Waals surface area contributed by atoms with Crippen LogP contribution in [0.3, 0.4) is 0 Å². The van der Waals surface area contributed by atoms with Gasteiger partial charge in [0.25, 0.3) is 0 Å². The van der Waals surface area contributed by atoms with E-state index in [4.69, 9.17) is 5.26 Å². The lowest BCUT2D eigenvalue weighted by Gasteiger charge is -1.95. The Kier molecular flexibility index (Phi) is 7.79. The first-order chi connectivity index (χ1) is 5.85. The molecule has 0 spiro atoms. The van der Waals surface area contributed by atoms with Crippen molar-refractivity contribution in [1.29, 1.82) is 5.26 Å². The quantitative estimate of drug-likeness (QED) is 0.433. The van der Waals surface area contributed by atoms with E-state index in [9.17, 15) is 0 Å². The number of nitriles is 1. The summed E-state index contributed by atoms with van der Waals surface area (Å²) >= 11 is 0. The van der Waals surface area contributed by atoms with Crippen LogP contribution in [-0.4, -0.2) is 0 Å². The molecule has 0 amide bonds. The molecule has 0 aromatic heterocycles. The zero-order valence-corrected chi connectivity index (χ0v) is 8.27. The number of unbranched alkanes of at least 4 members (excludes halogenated alkanes) is 3. The third-order valence-corrected chi connectivity index (χ3v) is 1.86. The Labute approximate surface area is 76.1 Å². The van der Waals surface area contributed by atoms with Gasteiger partial charge in [-0.15, -0.1) is 0 Å². The van der Waals surface area contributed by atoms with Gasteiger partial charge in [-0.2, -0.15) is 5.26 Å². The highest BCUT2D eigenvalue weighted by Crippen LogP contribution is 2.07. The fourth-order valence-corrected chi connectivity index (χ4v) is 1.14. The van der Waals surface area contributed by atoms with Crippen LogP contribution in [0.2, 0.25) is 0 Å². The number of hydrogen-bond donors (Lipinski definition) is 0. The van der Waals surface area contributed by atoms with Gasteiger partial charge in [0.2, 0.25) is 0 Å². The van der Waals surface area contributed by atoms with Gasteiger partial charge >= 0.3 is 0 Å². The highest BCUT2D eigenvalue weighted by Gasteiger charge is 1.91. The average Bonchev–Trinajstić information content (AvgIpc) is 2.10. The molecule has 1 nitrogen and oxygen atoms in total. The Hall–Kier alpha value is -0.770. The van der Waals surface area contributed by atoms with Gasteiger partial charge in [-0.05, 0) is 19.3 Å². The molecule has 0 heterocycles. The van der Waals surface area contributed by atoms with Crippen molar-refractivity contribution in [2.45, 2.75) is 52.4 Å². The number of hydrogen-bond acceptors (Lipinski definition) is 1. The van der Waals surface area contributed by atoms with Crippen molar-refractivity contribution < 1.29 is 0 Å². The summed E-state index contributed by atoms with van der Waals surface area (Å²) in [5.74, 6) is 0. The van der Waals surface area contributed by atoms with Crippen LogP contribution in [-0.2, 0) is 0 Å². The van der Waals surface area contributed by atoms with Gasteiger partial charge in [0, 0.05) is 5.57 Å². The molecular formula is C11H19N. The van der Waals surface area contributed by atoms with Crippen LogP contribution in [0, 0.1) is 11.3 Å². The topological polar surface area (TPSA) is 23.8 Å². The zero-order valence-electron chi connectivity index (χ0n) is 8.27. The molecule has 68 valence electrons. The van der Waals surface area contributed by atoms with Crippen LogP contribution in [0.15, 0.2) is 11.6 Å². The summed E-state index contributed by atoms with van der Waals surface area (Å²) in [6.07, 6.45) is 8.96. The minimum Gasteiger partial charge on any atom is -0.193 e. The van der Waals surface area contributed by atoms with Crippen LogP contribution in [0.1, 0.15) is 52.4 Å². The Bertz CT molecular complexity index is 162. The molecule has 1 heteroatoms. The highest BCUT2D eigenvalue weighted by atomic mass is 14.2. The molecule has 0 fully saturated rings. The van der Waals surface area contributed by atoms with Crippen molar-refractivity contribution in [2.24, 2.45) is 0 Å². The van der Waals surface area contributed by atoms with E-state index in [-0.39, 0.29) is 0 Å². The molecule has 0 saturated carbocycles. The molecule has 0 atom stereocenters. The first-order valence-corrected chi connectivity index (χ1v) is 4.94. The summed E-state index contributed by atoms with van der Waals surface area (Å²) in [7, 11) is 0. The summed E-state index contributed by atoms with van der Waals surface area (Å²) in [5.41, 5.74) is 0.966. The Balaban J connectivity index is 3.57. The standard InChI is InChI=1S/C11H19N/c1-3-5-6-7-9-11(10-12)8-4-2/h9H,3-8H2,1-2H3. The van der Waals surface area contributed by atoms with E-state index >= 15 is 0 Å². The van der Waals surface area contributed by atoms with E-state index in [0.29, 0.717) is 0 Å². The minimum absolute atomic E-state index is 0.947. The van der Waals surface area contributed by atoms with Gasteiger partial charge in [-0.25, -0.2) is 0 Å². The monoisotopic (exact) mass is 165 g/mol. The second-order valence-electron chi connectivity index (χ2n) is 3.09. The molecular weight excluding hydrogens is 146 g/mol. The van der Waals surface area contributed by atoms with Crippen molar-refractivity contribution in [2.75, 3.05) is 0 Å². The highest BCUT2D eigenvalue weighted by molar-refractivity contribution is 5.19. The largest absolute Gasteiger partial charge is 0.193 e. The molecule has 0 aromatic rings. The summed E-state index contributed by atoms with van der Waals surface area (Å²) < 4.78 is 0. The van der Waals surface area contributed by atoms with E-state index in [1.807, 2.05) is 0 Å². The fraction of sp³-hybridized carbons (Fsp3) is 0.727. The van der Waals surface area contributed by atoms with Gasteiger partial charge < -0.3 is 0 Å². The molecule has 0 aliphatic carbocycles. The SMILES string of the molecule is CCCCCC=C(C#N)CCC. The lowest BCUT2D eigenvalue weighted by Crippen LogP contribution is -1.79. The molecule has 0 saturated heterocycles. The van der Waals surface area contributed by atoms with Gasteiger partial charge in [-0.1, -0.05) is 39.2 Å². The van der Waals surface area contributed by atoms with E-state index in [1.165, 1.54) is 19.3 Å². The van der Waals surface area contributed by atoms with Crippen LogP contribution < -0.4 is 0 Å². The Morgan fingerprint density at radius 3 is 2.50 bits per heavy atom. The van der Waals surface area contributed by atoms with E-state index in [1.54, 1.807) is 0 Å². The van der Waals surface area contributed by atoms with E-state index in [2.05, 4.69) is 26.0 Å². The first-order valence-electron chi connectivity index (χ1n) is 4.94. The van der Waals surface area contributed by atoms with Crippen molar-refractivity contribution in [3.8, 4) is 6.07 Å². The molecule has 0 bridgehead atoms. The predicted octanol–water partition coefficient (Wildman–Crippen LogP) is 3.82. The Morgan fingerprint density at radius 2 is 2.00 bits per heavy atom. The maximum atomic E-state index is 8.70. The molecule has 0 rings (SSSR count). The average molecular weight is 165 g/mol. The minimum atomic E-state index is 0.947. The maximum absolute atomic E-state index is 8.70. The van der Waals surface area contributed by atoms with Crippen LogP contribution in [0.5, 0.6) is 0 Å². The van der Waals surface area contributed by atoms with Crippen molar-refractivity contribution in [3.05, 3.63) is 11.6 Å². The molecule has 0 unspecified atom stereocenters. The lowest BCUT2D eigenvalue weighted by atomic mass is 10.1. The van der Waals surface area contributed by atoms with Crippen molar-refractivity contribution >= 4 is 0 Å². The number of nitrogens with zero attached hydrogens (tertiary/aromatic N) is 1. The summed E-state index contributed by atoms with van der Waals surface area (Å²) in [6, 6.07) is 2.24. The summed E-state index contributed by atoms with van der Waals surface area (Å²) in [5, 5.41) is 8.70. The molecule has 0 radical (unpaired) electrons. The number of rotatable bonds is 6. The van der Waals surface area contributed by atoms with Crippen LogP contribution in [0.4, 0.5) is 0 Å². The third kappa shape index (κ3) is 5.97. The summed E-state index contributed by atoms with van der Waals surface area (Å²) in [6.45, 7) is 4.30. The van der Waals surface area contributed by atoms with Gasteiger partial charge in [0.05, 0.1) is 6.07 Å². The summed E-state index contributed by atoms with van der Waals surface area (Å²) in [4.78, 5) is 0. The normalized spacial score (nSPS) is 11.2. The predicted molar refractivity (Wildman–Crippen MR) is 52.7 cm³/mol. The van der Waals surface area contributed by atoms with Crippen molar-refractivity contribution in [3.63, 3.8) is 0 Å².